The van der Waals surface area contributed by atoms with Crippen molar-refractivity contribution < 1.29 is 8.81 Å². The van der Waals surface area contributed by atoms with Gasteiger partial charge in [0.25, 0.3) is 0 Å². The largest absolute Gasteiger partial charge is 0.472 e. The Morgan fingerprint density at radius 3 is 2.59 bits per heavy atom. The van der Waals surface area contributed by atoms with Crippen molar-refractivity contribution in [2.45, 2.75) is 19.4 Å². The number of halogens is 1. The predicted octanol–water partition coefficient (Wildman–Crippen LogP) is 3.31. The van der Waals surface area contributed by atoms with Crippen LogP contribution in [0.25, 0.3) is 0 Å². The van der Waals surface area contributed by atoms with Crippen molar-refractivity contribution in [2.24, 2.45) is 0 Å². The fraction of sp³-hybridized carbons (Fsp3) is 0.286. The maximum atomic E-state index is 12.8. The average molecular weight is 233 g/mol. The third-order valence-electron chi connectivity index (χ3n) is 2.75. The van der Waals surface area contributed by atoms with Crippen molar-refractivity contribution >= 4 is 0 Å². The summed E-state index contributed by atoms with van der Waals surface area (Å²) in [6.07, 6.45) is 4.24. The molecule has 1 aromatic carbocycles. The quantitative estimate of drug-likeness (QED) is 0.857. The van der Waals surface area contributed by atoms with E-state index < -0.39 is 0 Å². The van der Waals surface area contributed by atoms with Crippen molar-refractivity contribution in [2.75, 3.05) is 6.54 Å². The van der Waals surface area contributed by atoms with E-state index in [0.717, 1.165) is 24.1 Å². The van der Waals surface area contributed by atoms with Crippen LogP contribution < -0.4 is 5.32 Å². The van der Waals surface area contributed by atoms with E-state index in [1.54, 1.807) is 12.5 Å². The summed E-state index contributed by atoms with van der Waals surface area (Å²) >= 11 is 0. The Bertz CT molecular complexity index is 436. The lowest BCUT2D eigenvalue weighted by atomic mass is 10.0. The van der Waals surface area contributed by atoms with Crippen molar-refractivity contribution in [3.8, 4) is 0 Å². The zero-order chi connectivity index (χ0) is 12.1. The summed E-state index contributed by atoms with van der Waals surface area (Å²) < 4.78 is 17.9. The van der Waals surface area contributed by atoms with Crippen molar-refractivity contribution in [3.05, 3.63) is 59.8 Å². The summed E-state index contributed by atoms with van der Waals surface area (Å²) in [5.41, 5.74) is 2.23. The molecule has 0 saturated heterocycles. The summed E-state index contributed by atoms with van der Waals surface area (Å²) in [6.45, 7) is 2.95. The molecular weight excluding hydrogens is 217 g/mol. The minimum Gasteiger partial charge on any atom is -0.472 e. The molecule has 17 heavy (non-hydrogen) atoms. The molecule has 1 heterocycles. The summed E-state index contributed by atoms with van der Waals surface area (Å²) in [5, 5.41) is 3.39. The van der Waals surface area contributed by atoms with Gasteiger partial charge >= 0.3 is 0 Å². The second-order valence-electron chi connectivity index (χ2n) is 4.00. The number of hydrogen-bond donors (Lipinski definition) is 1. The van der Waals surface area contributed by atoms with Crippen LogP contribution in [-0.4, -0.2) is 6.54 Å². The van der Waals surface area contributed by atoms with Crippen LogP contribution in [0.2, 0.25) is 0 Å². The summed E-state index contributed by atoms with van der Waals surface area (Å²) in [7, 11) is 0. The van der Waals surface area contributed by atoms with Gasteiger partial charge in [-0.3, -0.25) is 0 Å². The van der Waals surface area contributed by atoms with Gasteiger partial charge < -0.3 is 9.73 Å². The molecule has 2 aromatic rings. The van der Waals surface area contributed by atoms with Crippen LogP contribution in [-0.2, 0) is 6.42 Å². The van der Waals surface area contributed by atoms with Gasteiger partial charge in [0.05, 0.1) is 12.5 Å². The molecule has 0 spiro atoms. The third kappa shape index (κ3) is 3.17. The zero-order valence-electron chi connectivity index (χ0n) is 9.82. The molecule has 2 rings (SSSR count). The number of likely N-dealkylation sites (N-methyl/N-ethyl adjacent to an activating group) is 1. The third-order valence-corrected chi connectivity index (χ3v) is 2.75. The summed E-state index contributed by atoms with van der Waals surface area (Å²) in [6, 6.07) is 8.79. The van der Waals surface area contributed by atoms with Crippen molar-refractivity contribution in [3.63, 3.8) is 0 Å². The topological polar surface area (TPSA) is 25.2 Å². The molecule has 1 atom stereocenters. The van der Waals surface area contributed by atoms with Gasteiger partial charge in [-0.25, -0.2) is 4.39 Å². The molecule has 1 N–H and O–H groups in total. The molecule has 0 aliphatic heterocycles. The molecule has 2 nitrogen and oxygen atoms in total. The smallest absolute Gasteiger partial charge is 0.123 e. The molecular formula is C14H16FNO. The molecule has 0 aliphatic carbocycles. The zero-order valence-corrected chi connectivity index (χ0v) is 9.82. The Balaban J connectivity index is 2.10. The maximum absolute atomic E-state index is 12.8. The van der Waals surface area contributed by atoms with Crippen LogP contribution in [0.4, 0.5) is 4.39 Å². The Kier molecular flexibility index (Phi) is 3.94. The Morgan fingerprint density at radius 1 is 1.24 bits per heavy atom. The first kappa shape index (κ1) is 11.9. The van der Waals surface area contributed by atoms with Gasteiger partial charge in [0.1, 0.15) is 5.82 Å². The molecule has 0 radical (unpaired) electrons. The molecule has 90 valence electrons. The first-order valence-corrected chi connectivity index (χ1v) is 5.79. The van der Waals surface area contributed by atoms with Gasteiger partial charge in [-0.2, -0.15) is 0 Å². The standard InChI is InChI=1S/C14H16FNO/c1-2-16-14(12-7-8-17-10-12)9-11-3-5-13(15)6-4-11/h3-8,10,14,16H,2,9H2,1H3. The summed E-state index contributed by atoms with van der Waals surface area (Å²) in [4.78, 5) is 0. The molecule has 0 bridgehead atoms. The van der Waals surface area contributed by atoms with Crippen LogP contribution in [0.1, 0.15) is 24.1 Å². The van der Waals surface area contributed by atoms with E-state index in [2.05, 4.69) is 12.2 Å². The normalized spacial score (nSPS) is 12.6. The second-order valence-corrected chi connectivity index (χ2v) is 4.00. The minimum atomic E-state index is -0.197. The number of nitrogens with one attached hydrogen (secondary N) is 1. The lowest BCUT2D eigenvalue weighted by Gasteiger charge is -2.16. The molecule has 0 amide bonds. The lowest BCUT2D eigenvalue weighted by molar-refractivity contribution is 0.524. The highest BCUT2D eigenvalue weighted by Crippen LogP contribution is 2.19. The Morgan fingerprint density at radius 2 is 2.00 bits per heavy atom. The van der Waals surface area contributed by atoms with Crippen LogP contribution in [0, 0.1) is 5.82 Å². The predicted molar refractivity (Wildman–Crippen MR) is 65.2 cm³/mol. The van der Waals surface area contributed by atoms with Crippen molar-refractivity contribution in [1.29, 1.82) is 0 Å². The minimum absolute atomic E-state index is 0.197. The van der Waals surface area contributed by atoms with Crippen LogP contribution in [0.3, 0.4) is 0 Å². The number of rotatable bonds is 5. The first-order chi connectivity index (χ1) is 8.29. The van der Waals surface area contributed by atoms with Gasteiger partial charge in [-0.05, 0) is 36.7 Å². The highest BCUT2D eigenvalue weighted by Gasteiger charge is 2.12. The Labute approximate surface area is 100 Å². The fourth-order valence-electron chi connectivity index (χ4n) is 1.88. The van der Waals surface area contributed by atoms with Crippen molar-refractivity contribution in [1.82, 2.24) is 5.32 Å². The van der Waals surface area contributed by atoms with Gasteiger partial charge in [-0.15, -0.1) is 0 Å². The Hall–Kier alpha value is -1.61. The monoisotopic (exact) mass is 233 g/mol. The number of furan rings is 1. The first-order valence-electron chi connectivity index (χ1n) is 5.79. The summed E-state index contributed by atoms with van der Waals surface area (Å²) in [5.74, 6) is -0.197. The highest BCUT2D eigenvalue weighted by molar-refractivity contribution is 5.21. The van der Waals surface area contributed by atoms with E-state index in [-0.39, 0.29) is 11.9 Å². The average Bonchev–Trinajstić information content (AvgIpc) is 2.85. The lowest BCUT2D eigenvalue weighted by Crippen LogP contribution is -2.22. The van der Waals surface area contributed by atoms with Gasteiger partial charge in [0.2, 0.25) is 0 Å². The molecule has 3 heteroatoms. The SMILES string of the molecule is CCNC(Cc1ccc(F)cc1)c1ccoc1. The van der Waals surface area contributed by atoms with Gasteiger partial charge in [0, 0.05) is 11.6 Å². The highest BCUT2D eigenvalue weighted by atomic mass is 19.1. The number of hydrogen-bond acceptors (Lipinski definition) is 2. The van der Waals surface area contributed by atoms with Crippen LogP contribution >= 0.6 is 0 Å². The fourth-order valence-corrected chi connectivity index (χ4v) is 1.88. The van der Waals surface area contributed by atoms with E-state index in [0.29, 0.717) is 0 Å². The molecule has 0 fully saturated rings. The van der Waals surface area contributed by atoms with E-state index in [9.17, 15) is 4.39 Å². The molecule has 1 aromatic heterocycles. The van der Waals surface area contributed by atoms with E-state index in [1.807, 2.05) is 18.2 Å². The van der Waals surface area contributed by atoms with Gasteiger partial charge in [0.15, 0.2) is 0 Å². The van der Waals surface area contributed by atoms with Crippen LogP contribution in [0.15, 0.2) is 47.3 Å². The second kappa shape index (κ2) is 5.64. The van der Waals surface area contributed by atoms with E-state index in [4.69, 9.17) is 4.42 Å². The molecule has 1 unspecified atom stereocenters. The molecule has 0 aliphatic rings. The van der Waals surface area contributed by atoms with E-state index in [1.165, 1.54) is 12.1 Å². The van der Waals surface area contributed by atoms with E-state index >= 15 is 0 Å². The maximum Gasteiger partial charge on any atom is 0.123 e. The molecule has 0 saturated carbocycles. The number of benzene rings is 1. The van der Waals surface area contributed by atoms with Gasteiger partial charge in [-0.1, -0.05) is 19.1 Å². The van der Waals surface area contributed by atoms with Crippen LogP contribution in [0.5, 0.6) is 0 Å².